The van der Waals surface area contributed by atoms with Crippen molar-refractivity contribution in [1.82, 2.24) is 0 Å². The molecule has 0 aliphatic carbocycles. The molecule has 76 valence electrons. The van der Waals surface area contributed by atoms with E-state index in [1.165, 1.54) is 19.2 Å². The van der Waals surface area contributed by atoms with Crippen molar-refractivity contribution in [2.45, 2.75) is 0 Å². The van der Waals surface area contributed by atoms with Crippen LogP contribution in [-0.2, 0) is 0 Å². The predicted molar refractivity (Wildman–Crippen MR) is 56.9 cm³/mol. The van der Waals surface area contributed by atoms with Crippen LogP contribution in [0.2, 0.25) is 0 Å². The van der Waals surface area contributed by atoms with Crippen LogP contribution in [0.25, 0.3) is 6.08 Å². The summed E-state index contributed by atoms with van der Waals surface area (Å²) in [6.07, 6.45) is 1.49. The molecule has 5 heteroatoms. The van der Waals surface area contributed by atoms with Crippen LogP contribution in [0.4, 0.5) is 0 Å². The van der Waals surface area contributed by atoms with Crippen molar-refractivity contribution in [1.29, 1.82) is 5.26 Å². The largest absolute Gasteiger partial charge is 0.496 e. The highest BCUT2D eigenvalue weighted by Gasteiger charge is 2.03. The monoisotopic (exact) mass is 203 g/mol. The molecule has 1 rings (SSSR count). The molecule has 0 aliphatic rings. The Labute approximate surface area is 88.2 Å². The fourth-order valence-corrected chi connectivity index (χ4v) is 1.12. The van der Waals surface area contributed by atoms with Crippen molar-refractivity contribution in [3.63, 3.8) is 0 Å². The highest BCUT2D eigenvalue weighted by atomic mass is 16.5. The zero-order chi connectivity index (χ0) is 11.3. The van der Waals surface area contributed by atoms with Crippen molar-refractivity contribution < 1.29 is 14.8 Å². The van der Waals surface area contributed by atoms with Gasteiger partial charge in [0, 0.05) is 5.56 Å². The molecule has 0 amide bonds. The summed E-state index contributed by atoms with van der Waals surface area (Å²) in [4.78, 5) is 0. The Bertz CT molecular complexity index is 410. The average molecular weight is 203 g/mol. The van der Waals surface area contributed by atoms with Gasteiger partial charge < -0.3 is 14.8 Å². The molecular formula is C10H10BNO3. The van der Waals surface area contributed by atoms with E-state index in [0.29, 0.717) is 16.9 Å². The average Bonchev–Trinajstić information content (AvgIpc) is 2.25. The summed E-state index contributed by atoms with van der Waals surface area (Å²) in [5, 5.41) is 26.0. The van der Waals surface area contributed by atoms with Crippen LogP contribution in [0.15, 0.2) is 24.2 Å². The van der Waals surface area contributed by atoms with E-state index in [0.717, 1.165) is 0 Å². The topological polar surface area (TPSA) is 73.5 Å². The van der Waals surface area contributed by atoms with E-state index in [1.54, 1.807) is 18.2 Å². The zero-order valence-electron chi connectivity index (χ0n) is 8.21. The number of benzene rings is 1. The molecule has 0 saturated carbocycles. The van der Waals surface area contributed by atoms with Gasteiger partial charge in [-0.15, -0.1) is 0 Å². The molecule has 0 heterocycles. The third-order valence-corrected chi connectivity index (χ3v) is 1.81. The van der Waals surface area contributed by atoms with Gasteiger partial charge in [0.2, 0.25) is 0 Å². The van der Waals surface area contributed by atoms with Gasteiger partial charge in [-0.05, 0) is 18.2 Å². The van der Waals surface area contributed by atoms with Gasteiger partial charge in [0.1, 0.15) is 5.75 Å². The molecule has 1 aromatic rings. The number of methoxy groups -OCH3 is 1. The lowest BCUT2D eigenvalue weighted by Gasteiger charge is -2.04. The molecule has 0 saturated heterocycles. The van der Waals surface area contributed by atoms with Crippen LogP contribution in [0.3, 0.4) is 0 Å². The normalized spacial score (nSPS) is 10.0. The Kier molecular flexibility index (Phi) is 3.92. The van der Waals surface area contributed by atoms with E-state index in [-0.39, 0.29) is 0 Å². The smallest absolute Gasteiger partial charge is 0.480 e. The first-order chi connectivity index (χ1) is 7.17. The highest BCUT2D eigenvalue weighted by molar-refractivity contribution is 6.48. The predicted octanol–water partition coefficient (Wildman–Crippen LogP) is 0.592. The molecular weight excluding hydrogens is 193 g/mol. The third-order valence-electron chi connectivity index (χ3n) is 1.81. The summed E-state index contributed by atoms with van der Waals surface area (Å²) < 4.78 is 5.05. The van der Waals surface area contributed by atoms with Crippen LogP contribution < -0.4 is 4.74 Å². The number of hydrogen-bond acceptors (Lipinski definition) is 4. The van der Waals surface area contributed by atoms with E-state index in [9.17, 15) is 0 Å². The van der Waals surface area contributed by atoms with E-state index in [1.807, 2.05) is 6.07 Å². The Morgan fingerprint density at radius 2 is 2.20 bits per heavy atom. The maximum absolute atomic E-state index is 8.69. The van der Waals surface area contributed by atoms with E-state index in [4.69, 9.17) is 20.0 Å². The Morgan fingerprint density at radius 3 is 2.73 bits per heavy atom. The van der Waals surface area contributed by atoms with Crippen molar-refractivity contribution in [3.05, 3.63) is 35.3 Å². The lowest BCUT2D eigenvalue weighted by Crippen LogP contribution is -2.05. The van der Waals surface area contributed by atoms with Crippen LogP contribution in [-0.4, -0.2) is 24.3 Å². The van der Waals surface area contributed by atoms with E-state index >= 15 is 0 Å². The van der Waals surface area contributed by atoms with Crippen LogP contribution >= 0.6 is 0 Å². The maximum Gasteiger partial charge on any atom is 0.480 e. The van der Waals surface area contributed by atoms with Gasteiger partial charge in [0.25, 0.3) is 0 Å². The van der Waals surface area contributed by atoms with E-state index in [2.05, 4.69) is 0 Å². The number of nitrogens with zero attached hydrogens (tertiary/aromatic N) is 1. The van der Waals surface area contributed by atoms with Gasteiger partial charge in [0.15, 0.2) is 0 Å². The molecule has 1 aromatic carbocycles. The van der Waals surface area contributed by atoms with Crippen molar-refractivity contribution in [3.8, 4) is 11.8 Å². The van der Waals surface area contributed by atoms with Gasteiger partial charge in [-0.2, -0.15) is 5.26 Å². The summed E-state index contributed by atoms with van der Waals surface area (Å²) in [6.45, 7) is 0. The minimum Gasteiger partial charge on any atom is -0.496 e. The molecule has 4 nitrogen and oxygen atoms in total. The maximum atomic E-state index is 8.69. The van der Waals surface area contributed by atoms with Gasteiger partial charge in [0.05, 0.1) is 18.7 Å². The van der Waals surface area contributed by atoms with Crippen molar-refractivity contribution in [2.75, 3.05) is 7.11 Å². The number of rotatable bonds is 3. The van der Waals surface area contributed by atoms with Gasteiger partial charge >= 0.3 is 7.12 Å². The fourth-order valence-electron chi connectivity index (χ4n) is 1.12. The first kappa shape index (κ1) is 11.3. The minimum absolute atomic E-state index is 0.489. The summed E-state index contributed by atoms with van der Waals surface area (Å²) in [6, 6.07) is 6.89. The lowest BCUT2D eigenvalue weighted by atomic mass is 9.90. The summed E-state index contributed by atoms with van der Waals surface area (Å²) in [5.41, 5.74) is 1.12. The highest BCUT2D eigenvalue weighted by Crippen LogP contribution is 2.20. The number of ether oxygens (including phenoxy) is 1. The summed E-state index contributed by atoms with van der Waals surface area (Å²) in [7, 11) is -0.00544. The minimum atomic E-state index is -1.51. The molecule has 0 aliphatic heterocycles. The van der Waals surface area contributed by atoms with Gasteiger partial charge in [-0.1, -0.05) is 12.1 Å². The van der Waals surface area contributed by atoms with Crippen LogP contribution in [0.5, 0.6) is 5.75 Å². The fraction of sp³-hybridized carbons (Fsp3) is 0.100. The first-order valence-electron chi connectivity index (χ1n) is 4.30. The first-order valence-corrected chi connectivity index (χ1v) is 4.30. The second kappa shape index (κ2) is 5.20. The quantitative estimate of drug-likeness (QED) is 0.705. The van der Waals surface area contributed by atoms with Gasteiger partial charge in [-0.25, -0.2) is 0 Å². The second-order valence-electron chi connectivity index (χ2n) is 2.84. The number of nitriles is 1. The van der Waals surface area contributed by atoms with Crippen molar-refractivity contribution in [2.24, 2.45) is 0 Å². The van der Waals surface area contributed by atoms with Crippen LogP contribution in [0.1, 0.15) is 11.1 Å². The SMILES string of the molecule is COc1ccc(C#N)cc1/C=C/B(O)O. The second-order valence-corrected chi connectivity index (χ2v) is 2.84. The number of hydrogen-bond donors (Lipinski definition) is 2. The molecule has 15 heavy (non-hydrogen) atoms. The van der Waals surface area contributed by atoms with Crippen molar-refractivity contribution >= 4 is 13.2 Å². The molecule has 0 radical (unpaired) electrons. The molecule has 0 atom stereocenters. The van der Waals surface area contributed by atoms with E-state index < -0.39 is 7.12 Å². The Morgan fingerprint density at radius 1 is 1.47 bits per heavy atom. The van der Waals surface area contributed by atoms with Crippen LogP contribution in [0, 0.1) is 11.3 Å². The summed E-state index contributed by atoms with van der Waals surface area (Å²) >= 11 is 0. The molecule has 0 bridgehead atoms. The molecule has 0 spiro atoms. The Balaban J connectivity index is 3.08. The molecule has 0 aromatic heterocycles. The van der Waals surface area contributed by atoms with Gasteiger partial charge in [-0.3, -0.25) is 0 Å². The zero-order valence-corrected chi connectivity index (χ0v) is 8.21. The summed E-state index contributed by atoms with van der Waals surface area (Å²) in [5.74, 6) is 1.77. The molecule has 0 unspecified atom stereocenters. The molecule has 0 fully saturated rings. The molecule has 2 N–H and O–H groups in total. The third kappa shape index (κ3) is 3.13. The Hall–Kier alpha value is -1.77. The standard InChI is InChI=1S/C10H10BNO3/c1-15-10-3-2-8(7-12)6-9(10)4-5-11(13)14/h2-6,13-14H,1H3/b5-4+. The lowest BCUT2D eigenvalue weighted by molar-refractivity contribution is 0.413.